The molecule has 13 heavy (non-hydrogen) atoms. The molecule has 0 aromatic heterocycles. The van der Waals surface area contributed by atoms with Crippen LogP contribution in [0.4, 0.5) is 4.79 Å². The fourth-order valence-electron chi connectivity index (χ4n) is 0.632. The molecular weight excluding hydrogens is 188 g/mol. The lowest BCUT2D eigenvalue weighted by Crippen LogP contribution is -2.35. The smallest absolute Gasteiger partial charge is 0.407 e. The van der Waals surface area contributed by atoms with Gasteiger partial charge in [-0.1, -0.05) is 11.9 Å². The molecule has 0 fully saturated rings. The van der Waals surface area contributed by atoms with Crippen LogP contribution in [-0.4, -0.2) is 31.0 Å². The van der Waals surface area contributed by atoms with Crippen molar-refractivity contribution in [3.63, 3.8) is 0 Å². The Morgan fingerprint density at radius 3 is 2.46 bits per heavy atom. The van der Waals surface area contributed by atoms with E-state index < -0.39 is 5.60 Å². The first-order valence-corrected chi connectivity index (χ1v) is 5.41. The molecule has 0 spiro atoms. The van der Waals surface area contributed by atoms with Crippen LogP contribution in [0.5, 0.6) is 0 Å². The van der Waals surface area contributed by atoms with Crippen molar-refractivity contribution < 1.29 is 9.53 Å². The van der Waals surface area contributed by atoms with Gasteiger partial charge >= 0.3 is 6.09 Å². The van der Waals surface area contributed by atoms with Crippen LogP contribution >= 0.6 is 11.9 Å². The van der Waals surface area contributed by atoms with Gasteiger partial charge in [0.15, 0.2) is 0 Å². The molecule has 4 nitrogen and oxygen atoms in total. The van der Waals surface area contributed by atoms with Crippen LogP contribution in [0.3, 0.4) is 0 Å². The van der Waals surface area contributed by atoms with Gasteiger partial charge in [-0.2, -0.15) is 0 Å². The van der Waals surface area contributed by atoms with E-state index in [1.165, 1.54) is 11.9 Å². The maximum atomic E-state index is 11.1. The van der Waals surface area contributed by atoms with Crippen molar-refractivity contribution in [2.45, 2.75) is 26.4 Å². The Balaban J connectivity index is 3.41. The minimum Gasteiger partial charge on any atom is -0.444 e. The van der Waals surface area contributed by atoms with Gasteiger partial charge in [-0.25, -0.2) is 4.79 Å². The molecule has 78 valence electrons. The summed E-state index contributed by atoms with van der Waals surface area (Å²) in [5.74, 6) is 0. The zero-order valence-corrected chi connectivity index (χ0v) is 9.46. The van der Waals surface area contributed by atoms with E-state index in [1.807, 2.05) is 27.0 Å². The molecule has 2 N–H and O–H groups in total. The molecule has 0 radical (unpaired) electrons. The molecule has 0 unspecified atom stereocenters. The fraction of sp³-hybridized carbons (Fsp3) is 0.875. The van der Waals surface area contributed by atoms with Crippen LogP contribution in [0.1, 0.15) is 20.8 Å². The number of rotatable bonds is 4. The highest BCUT2D eigenvalue weighted by atomic mass is 32.2. The Bertz CT molecular complexity index is 157. The molecule has 0 aliphatic rings. The Kier molecular flexibility index (Phi) is 5.90. The van der Waals surface area contributed by atoms with Crippen molar-refractivity contribution in [1.29, 1.82) is 0 Å². The summed E-state index contributed by atoms with van der Waals surface area (Å²) in [6, 6.07) is 0. The van der Waals surface area contributed by atoms with Gasteiger partial charge in [0.25, 0.3) is 0 Å². The minimum absolute atomic E-state index is 0.365. The lowest BCUT2D eigenvalue weighted by Gasteiger charge is -2.19. The predicted molar refractivity (Wildman–Crippen MR) is 55.8 cm³/mol. The van der Waals surface area contributed by atoms with Gasteiger partial charge in [0.1, 0.15) is 5.60 Å². The molecule has 0 aliphatic carbocycles. The zero-order chi connectivity index (χ0) is 10.3. The number of nitrogens with one attached hydrogen (secondary N) is 2. The zero-order valence-electron chi connectivity index (χ0n) is 8.64. The van der Waals surface area contributed by atoms with Crippen molar-refractivity contribution in [3.05, 3.63) is 0 Å². The Morgan fingerprint density at radius 2 is 2.00 bits per heavy atom. The summed E-state index contributed by atoms with van der Waals surface area (Å²) in [5, 5.41) is 2.64. The van der Waals surface area contributed by atoms with E-state index in [2.05, 4.69) is 10.0 Å². The lowest BCUT2D eigenvalue weighted by molar-refractivity contribution is 0.0529. The van der Waals surface area contributed by atoms with Crippen LogP contribution < -0.4 is 10.0 Å². The lowest BCUT2D eigenvalue weighted by atomic mass is 10.2. The quantitative estimate of drug-likeness (QED) is 0.539. The summed E-state index contributed by atoms with van der Waals surface area (Å²) in [6.07, 6.45) is 1.57. The average Bonchev–Trinajstić information content (AvgIpc) is 1.94. The Labute approximate surface area is 83.9 Å². The molecule has 0 bridgehead atoms. The largest absolute Gasteiger partial charge is 0.444 e. The van der Waals surface area contributed by atoms with Gasteiger partial charge in [-0.15, -0.1) is 0 Å². The highest BCUT2D eigenvalue weighted by molar-refractivity contribution is 7.96. The third-order valence-corrected chi connectivity index (χ3v) is 1.53. The fourth-order valence-corrected chi connectivity index (χ4v) is 0.938. The number of alkyl carbamates (subject to hydrolysis) is 1. The number of carbonyl (C=O) groups excluding carboxylic acids is 1. The van der Waals surface area contributed by atoms with Crippen molar-refractivity contribution in [2.24, 2.45) is 0 Å². The molecule has 0 aliphatic heterocycles. The number of ether oxygens (including phenoxy) is 1. The van der Waals surface area contributed by atoms with E-state index in [1.54, 1.807) is 0 Å². The van der Waals surface area contributed by atoms with E-state index >= 15 is 0 Å². The van der Waals surface area contributed by atoms with Crippen LogP contribution in [0.25, 0.3) is 0 Å². The van der Waals surface area contributed by atoms with Gasteiger partial charge in [0.05, 0.1) is 0 Å². The summed E-state index contributed by atoms with van der Waals surface area (Å²) >= 11 is 1.52. The van der Waals surface area contributed by atoms with Gasteiger partial charge in [-0.3, -0.25) is 4.72 Å². The highest BCUT2D eigenvalue weighted by Crippen LogP contribution is 2.05. The van der Waals surface area contributed by atoms with Crippen molar-refractivity contribution >= 4 is 18.0 Å². The third kappa shape index (κ3) is 9.49. The molecule has 0 heterocycles. The van der Waals surface area contributed by atoms with E-state index in [4.69, 9.17) is 4.74 Å². The third-order valence-electron chi connectivity index (χ3n) is 1.04. The number of hydrogen-bond donors (Lipinski definition) is 2. The van der Waals surface area contributed by atoms with Gasteiger partial charge < -0.3 is 10.1 Å². The predicted octanol–water partition coefficient (Wildman–Crippen LogP) is 1.38. The Morgan fingerprint density at radius 1 is 1.38 bits per heavy atom. The maximum absolute atomic E-state index is 11.1. The molecule has 0 atom stereocenters. The summed E-state index contributed by atoms with van der Waals surface area (Å²) < 4.78 is 8.05. The van der Waals surface area contributed by atoms with Crippen LogP contribution in [0, 0.1) is 0 Å². The molecule has 0 aromatic rings. The normalized spacial score (nSPS) is 11.1. The summed E-state index contributed by atoms with van der Waals surface area (Å²) in [4.78, 5) is 11.1. The molecular formula is C8H18N2O2S. The summed E-state index contributed by atoms with van der Waals surface area (Å²) in [6.45, 7) is 6.84. The first-order chi connectivity index (χ1) is 5.95. The highest BCUT2D eigenvalue weighted by Gasteiger charge is 2.15. The summed E-state index contributed by atoms with van der Waals surface area (Å²) in [7, 11) is 0. The van der Waals surface area contributed by atoms with E-state index in [-0.39, 0.29) is 6.09 Å². The van der Waals surface area contributed by atoms with E-state index in [0.29, 0.717) is 6.54 Å². The van der Waals surface area contributed by atoms with Gasteiger partial charge in [-0.05, 0) is 27.0 Å². The second kappa shape index (κ2) is 6.10. The number of amides is 1. The molecule has 0 saturated carbocycles. The second-order valence-corrected chi connectivity index (χ2v) is 4.22. The number of carbonyl (C=O) groups is 1. The van der Waals surface area contributed by atoms with Crippen molar-refractivity contribution in [1.82, 2.24) is 10.0 Å². The molecule has 0 aromatic carbocycles. The van der Waals surface area contributed by atoms with Gasteiger partial charge in [0, 0.05) is 13.1 Å². The van der Waals surface area contributed by atoms with Gasteiger partial charge in [0.2, 0.25) is 0 Å². The molecule has 1 amide bonds. The van der Waals surface area contributed by atoms with E-state index in [0.717, 1.165) is 6.54 Å². The summed E-state index contributed by atoms with van der Waals surface area (Å²) in [5.41, 5.74) is -0.420. The monoisotopic (exact) mass is 206 g/mol. The second-order valence-electron chi connectivity index (χ2n) is 3.53. The van der Waals surface area contributed by atoms with Crippen LogP contribution in [0.2, 0.25) is 0 Å². The van der Waals surface area contributed by atoms with Crippen molar-refractivity contribution in [3.8, 4) is 0 Å². The van der Waals surface area contributed by atoms with Crippen LogP contribution in [-0.2, 0) is 4.74 Å². The maximum Gasteiger partial charge on any atom is 0.407 e. The number of hydrogen-bond acceptors (Lipinski definition) is 4. The molecule has 0 rings (SSSR count). The van der Waals surface area contributed by atoms with Crippen LogP contribution in [0.15, 0.2) is 0 Å². The minimum atomic E-state index is -0.420. The standard InChI is InChI=1S/C8H18N2O2S/c1-8(2,3)12-7(11)9-5-6-10-13-4/h10H,5-6H2,1-4H3,(H,9,11). The SMILES string of the molecule is CSNCCNC(=O)OC(C)(C)C. The first kappa shape index (κ1) is 12.6. The molecule has 5 heteroatoms. The van der Waals surface area contributed by atoms with Crippen molar-refractivity contribution in [2.75, 3.05) is 19.3 Å². The molecule has 0 saturated heterocycles. The average molecular weight is 206 g/mol. The Hall–Kier alpha value is -0.420. The topological polar surface area (TPSA) is 50.4 Å². The van der Waals surface area contributed by atoms with E-state index in [9.17, 15) is 4.79 Å². The first-order valence-electron chi connectivity index (χ1n) is 4.18.